The van der Waals surface area contributed by atoms with Crippen LogP contribution in [0.15, 0.2) is 59.1 Å². The van der Waals surface area contributed by atoms with Crippen molar-refractivity contribution >= 4 is 15.9 Å². The van der Waals surface area contributed by atoms with Crippen molar-refractivity contribution in [2.75, 3.05) is 6.61 Å². The van der Waals surface area contributed by atoms with Crippen molar-refractivity contribution in [2.45, 2.75) is 18.4 Å². The molecule has 1 aliphatic rings. The van der Waals surface area contributed by atoms with Gasteiger partial charge in [-0.2, -0.15) is 0 Å². The highest BCUT2D eigenvalue weighted by Crippen LogP contribution is 2.34. The Morgan fingerprint density at radius 2 is 1.70 bits per heavy atom. The number of nitrogens with one attached hydrogen (secondary N) is 1. The van der Waals surface area contributed by atoms with E-state index in [9.17, 15) is 5.11 Å². The van der Waals surface area contributed by atoms with Crippen LogP contribution >= 0.6 is 15.9 Å². The topological polar surface area (TPSA) is 41.5 Å². The quantitative estimate of drug-likeness (QED) is 0.906. The van der Waals surface area contributed by atoms with E-state index in [0.717, 1.165) is 15.6 Å². The minimum atomic E-state index is -0.189. The second-order valence-corrected chi connectivity index (χ2v) is 5.77. The molecule has 0 bridgehead atoms. The van der Waals surface area contributed by atoms with Crippen LogP contribution in [0, 0.1) is 0 Å². The van der Waals surface area contributed by atoms with Gasteiger partial charge in [0.2, 0.25) is 0 Å². The third-order valence-corrected chi connectivity index (χ3v) is 4.04. The highest BCUT2D eigenvalue weighted by Gasteiger charge is 2.35. The third-order valence-electron chi connectivity index (χ3n) is 3.51. The van der Waals surface area contributed by atoms with Gasteiger partial charge in [0, 0.05) is 4.47 Å². The van der Waals surface area contributed by atoms with Crippen molar-refractivity contribution in [3.63, 3.8) is 0 Å². The summed E-state index contributed by atoms with van der Waals surface area (Å²) in [6.07, 6.45) is -0.319. The molecule has 0 saturated carbocycles. The van der Waals surface area contributed by atoms with Crippen molar-refractivity contribution in [3.8, 4) is 0 Å². The summed E-state index contributed by atoms with van der Waals surface area (Å²) in [6, 6.07) is 17.9. The Bertz CT molecular complexity index is 558. The number of rotatable bonds is 3. The maximum atomic E-state index is 9.56. The molecule has 0 aromatic heterocycles. The molecule has 2 aromatic carbocycles. The van der Waals surface area contributed by atoms with E-state index in [2.05, 4.69) is 21.2 Å². The summed E-state index contributed by atoms with van der Waals surface area (Å²) in [5, 5.41) is 12.9. The summed E-state index contributed by atoms with van der Waals surface area (Å²) in [6.45, 7) is 0.0482. The van der Waals surface area contributed by atoms with Gasteiger partial charge in [0.15, 0.2) is 0 Å². The van der Waals surface area contributed by atoms with Crippen molar-refractivity contribution in [3.05, 3.63) is 70.2 Å². The van der Waals surface area contributed by atoms with Gasteiger partial charge in [0.05, 0.1) is 12.6 Å². The van der Waals surface area contributed by atoms with Gasteiger partial charge in [0.25, 0.3) is 0 Å². The number of aliphatic hydroxyl groups excluding tert-OH is 1. The van der Waals surface area contributed by atoms with Gasteiger partial charge in [-0.3, -0.25) is 5.32 Å². The van der Waals surface area contributed by atoms with Crippen LogP contribution in [-0.4, -0.2) is 17.8 Å². The van der Waals surface area contributed by atoms with Crippen LogP contribution < -0.4 is 5.32 Å². The third kappa shape index (κ3) is 2.79. The van der Waals surface area contributed by atoms with Crippen molar-refractivity contribution in [2.24, 2.45) is 0 Å². The van der Waals surface area contributed by atoms with Crippen LogP contribution in [0.3, 0.4) is 0 Å². The summed E-state index contributed by atoms with van der Waals surface area (Å²) < 4.78 is 7.13. The van der Waals surface area contributed by atoms with Gasteiger partial charge in [-0.05, 0) is 23.3 Å². The Hall–Kier alpha value is -1.20. The summed E-state index contributed by atoms with van der Waals surface area (Å²) in [7, 11) is 0. The zero-order valence-electron chi connectivity index (χ0n) is 10.9. The molecule has 3 nitrogen and oxygen atoms in total. The second kappa shape index (κ2) is 6.06. The number of aliphatic hydroxyl groups is 1. The molecule has 0 spiro atoms. The zero-order chi connectivity index (χ0) is 13.9. The average molecular weight is 334 g/mol. The van der Waals surface area contributed by atoms with Gasteiger partial charge < -0.3 is 9.84 Å². The molecule has 1 saturated heterocycles. The molecular weight excluding hydrogens is 318 g/mol. The Balaban J connectivity index is 1.82. The Morgan fingerprint density at radius 1 is 1.00 bits per heavy atom. The molecular formula is C16H16BrNO2. The minimum absolute atomic E-state index is 0.0482. The molecule has 104 valence electrons. The molecule has 1 aliphatic heterocycles. The number of hydrogen-bond donors (Lipinski definition) is 2. The molecule has 4 heteroatoms. The molecule has 3 rings (SSSR count). The second-order valence-electron chi connectivity index (χ2n) is 4.85. The van der Waals surface area contributed by atoms with Crippen LogP contribution in [0.1, 0.15) is 23.5 Å². The molecule has 20 heavy (non-hydrogen) atoms. The fourth-order valence-electron chi connectivity index (χ4n) is 2.48. The fourth-order valence-corrected chi connectivity index (χ4v) is 2.74. The van der Waals surface area contributed by atoms with E-state index >= 15 is 0 Å². The summed E-state index contributed by atoms with van der Waals surface area (Å²) in [4.78, 5) is 0. The van der Waals surface area contributed by atoms with Crippen LogP contribution in [0.5, 0.6) is 0 Å². The van der Waals surface area contributed by atoms with Crippen molar-refractivity contribution in [1.82, 2.24) is 5.32 Å². The molecule has 3 atom stereocenters. The number of benzene rings is 2. The Labute approximate surface area is 126 Å². The Morgan fingerprint density at radius 3 is 2.35 bits per heavy atom. The predicted octanol–water partition coefficient (Wildman–Crippen LogP) is 3.17. The van der Waals surface area contributed by atoms with E-state index in [1.807, 2.05) is 54.6 Å². The van der Waals surface area contributed by atoms with E-state index in [1.54, 1.807) is 0 Å². The largest absolute Gasteiger partial charge is 0.395 e. The first-order valence-corrected chi connectivity index (χ1v) is 7.40. The van der Waals surface area contributed by atoms with Gasteiger partial charge in [-0.25, -0.2) is 0 Å². The minimum Gasteiger partial charge on any atom is -0.395 e. The lowest BCUT2D eigenvalue weighted by atomic mass is 10.0. The predicted molar refractivity (Wildman–Crippen MR) is 81.2 cm³/mol. The lowest BCUT2D eigenvalue weighted by molar-refractivity contribution is 0.0318. The van der Waals surface area contributed by atoms with Gasteiger partial charge in [-0.1, -0.05) is 58.4 Å². The number of ether oxygens (including phenoxy) is 1. The molecule has 0 amide bonds. The molecule has 1 heterocycles. The first kappa shape index (κ1) is 13.8. The van der Waals surface area contributed by atoms with E-state index in [-0.39, 0.29) is 25.0 Å². The molecule has 1 fully saturated rings. The molecule has 2 aromatic rings. The van der Waals surface area contributed by atoms with Gasteiger partial charge >= 0.3 is 0 Å². The normalized spacial score (nSPS) is 25.8. The van der Waals surface area contributed by atoms with Crippen LogP contribution in [0.2, 0.25) is 0 Å². The monoisotopic (exact) mass is 333 g/mol. The number of hydrogen-bond acceptors (Lipinski definition) is 3. The lowest BCUT2D eigenvalue weighted by Crippen LogP contribution is -2.30. The summed E-state index contributed by atoms with van der Waals surface area (Å²) in [5.41, 5.74) is 2.14. The molecule has 0 radical (unpaired) electrons. The highest BCUT2D eigenvalue weighted by molar-refractivity contribution is 9.10. The summed E-state index contributed by atoms with van der Waals surface area (Å²) >= 11 is 3.43. The maximum absolute atomic E-state index is 9.56. The maximum Gasteiger partial charge on any atom is 0.135 e. The standard InChI is InChI=1S/C16H16BrNO2/c17-13-8-6-12(7-9-13)16-18-14(10-19)15(20-16)11-4-2-1-3-5-11/h1-9,14-16,18-19H,10H2/t14-,15?,16-/m0/s1. The van der Waals surface area contributed by atoms with E-state index in [1.165, 1.54) is 0 Å². The van der Waals surface area contributed by atoms with E-state index in [0.29, 0.717) is 0 Å². The molecule has 1 unspecified atom stereocenters. The van der Waals surface area contributed by atoms with Crippen LogP contribution in [0.25, 0.3) is 0 Å². The van der Waals surface area contributed by atoms with Crippen LogP contribution in [-0.2, 0) is 4.74 Å². The Kier molecular flexibility index (Phi) is 4.17. The van der Waals surface area contributed by atoms with Crippen molar-refractivity contribution < 1.29 is 9.84 Å². The average Bonchev–Trinajstić information content (AvgIpc) is 2.93. The van der Waals surface area contributed by atoms with Crippen LogP contribution in [0.4, 0.5) is 0 Å². The first-order chi connectivity index (χ1) is 9.78. The highest BCUT2D eigenvalue weighted by atomic mass is 79.9. The van der Waals surface area contributed by atoms with E-state index < -0.39 is 0 Å². The SMILES string of the molecule is OC[C@@H]1N[C@H](c2ccc(Br)cc2)OC1c1ccccc1. The lowest BCUT2D eigenvalue weighted by Gasteiger charge is -2.15. The summed E-state index contributed by atoms with van der Waals surface area (Å²) in [5.74, 6) is 0. The van der Waals surface area contributed by atoms with E-state index in [4.69, 9.17) is 4.74 Å². The zero-order valence-corrected chi connectivity index (χ0v) is 12.5. The van der Waals surface area contributed by atoms with Gasteiger partial charge in [0.1, 0.15) is 12.3 Å². The molecule has 0 aliphatic carbocycles. The fraction of sp³-hybridized carbons (Fsp3) is 0.250. The first-order valence-electron chi connectivity index (χ1n) is 6.60. The number of halogens is 1. The van der Waals surface area contributed by atoms with Gasteiger partial charge in [-0.15, -0.1) is 0 Å². The smallest absolute Gasteiger partial charge is 0.135 e. The molecule has 2 N–H and O–H groups in total. The van der Waals surface area contributed by atoms with Crippen molar-refractivity contribution in [1.29, 1.82) is 0 Å².